The van der Waals surface area contributed by atoms with Gasteiger partial charge in [-0.2, -0.15) is 0 Å². The highest BCUT2D eigenvalue weighted by atomic mass is 32.1. The summed E-state index contributed by atoms with van der Waals surface area (Å²) in [5.41, 5.74) is 0.912. The molecule has 0 spiro atoms. The van der Waals surface area contributed by atoms with Gasteiger partial charge in [0.05, 0.1) is 32.0 Å². The Morgan fingerprint density at radius 1 is 1.00 bits per heavy atom. The molecule has 0 atom stereocenters. The van der Waals surface area contributed by atoms with Crippen LogP contribution in [0.2, 0.25) is 0 Å². The van der Waals surface area contributed by atoms with Crippen molar-refractivity contribution in [1.82, 2.24) is 19.7 Å². The third-order valence-corrected chi connectivity index (χ3v) is 6.28. The maximum atomic E-state index is 13.4. The number of carbonyl (C=O) groups excluding carboxylic acids is 2. The van der Waals surface area contributed by atoms with Crippen molar-refractivity contribution in [2.24, 2.45) is 0 Å². The van der Waals surface area contributed by atoms with Crippen molar-refractivity contribution in [1.29, 1.82) is 0 Å². The lowest BCUT2D eigenvalue weighted by molar-refractivity contribution is -0.135. The van der Waals surface area contributed by atoms with Crippen molar-refractivity contribution < 1.29 is 23.1 Å². The Kier molecular flexibility index (Phi) is 7.40. The average molecular weight is 466 g/mol. The Balaban J connectivity index is 1.22. The van der Waals surface area contributed by atoms with E-state index in [4.69, 9.17) is 4.74 Å². The highest BCUT2D eigenvalue weighted by Crippen LogP contribution is 2.26. The van der Waals surface area contributed by atoms with Crippen molar-refractivity contribution in [3.63, 3.8) is 0 Å². The summed E-state index contributed by atoms with van der Waals surface area (Å²) in [5.74, 6) is -1.95. The number of amides is 2. The van der Waals surface area contributed by atoms with Crippen LogP contribution in [0.15, 0.2) is 23.6 Å². The molecule has 11 heteroatoms. The molecule has 4 rings (SSSR count). The van der Waals surface area contributed by atoms with Crippen molar-refractivity contribution in [3.05, 3.63) is 35.2 Å². The first-order valence-electron chi connectivity index (χ1n) is 10.5. The second-order valence-electron chi connectivity index (χ2n) is 7.76. The third-order valence-electron chi connectivity index (χ3n) is 5.52. The van der Waals surface area contributed by atoms with Gasteiger partial charge < -0.3 is 15.0 Å². The molecule has 0 saturated carbocycles. The number of hydrogen-bond acceptors (Lipinski definition) is 7. The number of nitrogens with zero attached hydrogens (tertiary/aromatic N) is 4. The molecule has 172 valence electrons. The summed E-state index contributed by atoms with van der Waals surface area (Å²) in [4.78, 5) is 35.1. The molecular weight excluding hydrogens is 440 g/mol. The fraction of sp³-hybridized carbons (Fsp3) is 0.476. The smallest absolute Gasteiger partial charge is 0.240 e. The number of aromatic nitrogens is 1. The van der Waals surface area contributed by atoms with Crippen LogP contribution in [0.3, 0.4) is 0 Å². The number of hydrogen-bond donors (Lipinski definition) is 1. The van der Waals surface area contributed by atoms with E-state index in [9.17, 15) is 18.4 Å². The number of carbonyl (C=O) groups is 2. The summed E-state index contributed by atoms with van der Waals surface area (Å²) < 4.78 is 31.8. The van der Waals surface area contributed by atoms with Crippen LogP contribution < -0.4 is 5.32 Å². The number of thiazole rings is 1. The molecule has 2 fully saturated rings. The van der Waals surface area contributed by atoms with Crippen molar-refractivity contribution in [3.8, 4) is 11.3 Å². The quantitative estimate of drug-likeness (QED) is 0.697. The van der Waals surface area contributed by atoms with E-state index in [0.29, 0.717) is 62.3 Å². The van der Waals surface area contributed by atoms with Crippen LogP contribution >= 0.6 is 11.3 Å². The normalized spacial score (nSPS) is 18.0. The third kappa shape index (κ3) is 5.85. The predicted octanol–water partition coefficient (Wildman–Crippen LogP) is 1.50. The minimum absolute atomic E-state index is 0.114. The van der Waals surface area contributed by atoms with E-state index >= 15 is 0 Å². The fourth-order valence-electron chi connectivity index (χ4n) is 3.69. The van der Waals surface area contributed by atoms with Crippen LogP contribution in [-0.2, 0) is 14.3 Å². The molecule has 1 N–H and O–H groups in total. The van der Waals surface area contributed by atoms with Crippen LogP contribution in [0.1, 0.15) is 0 Å². The number of morpholine rings is 1. The van der Waals surface area contributed by atoms with Crippen LogP contribution in [0.4, 0.5) is 13.9 Å². The molecule has 8 nitrogen and oxygen atoms in total. The molecule has 0 unspecified atom stereocenters. The van der Waals surface area contributed by atoms with Crippen LogP contribution in [0.5, 0.6) is 0 Å². The molecule has 1 aromatic heterocycles. The number of anilines is 1. The topological polar surface area (TPSA) is 78.0 Å². The zero-order valence-corrected chi connectivity index (χ0v) is 18.4. The molecule has 0 bridgehead atoms. The van der Waals surface area contributed by atoms with Gasteiger partial charge in [-0.3, -0.25) is 19.4 Å². The fourth-order valence-corrected chi connectivity index (χ4v) is 4.42. The standard InChI is InChI=1S/C21H25F2N5O3S/c22-16-2-1-15(11-17(16)23)18-14-32-21(24-18)25-19(29)12-26-3-5-28(6-4-26)20(30)13-27-7-9-31-10-8-27/h1-2,11,14H,3-10,12-13H2,(H,24,25,29). The Morgan fingerprint density at radius 2 is 1.72 bits per heavy atom. The van der Waals surface area contributed by atoms with Gasteiger partial charge in [0, 0.05) is 50.2 Å². The molecule has 1 aromatic carbocycles. The number of piperazine rings is 1. The summed E-state index contributed by atoms with van der Waals surface area (Å²) in [5, 5.41) is 4.83. The summed E-state index contributed by atoms with van der Waals surface area (Å²) in [6, 6.07) is 3.57. The number of rotatable bonds is 6. The van der Waals surface area contributed by atoms with E-state index in [-0.39, 0.29) is 18.4 Å². The van der Waals surface area contributed by atoms with Gasteiger partial charge in [-0.05, 0) is 18.2 Å². The van der Waals surface area contributed by atoms with E-state index in [2.05, 4.69) is 15.2 Å². The minimum atomic E-state index is -0.941. The average Bonchev–Trinajstić information content (AvgIpc) is 3.25. The first-order valence-corrected chi connectivity index (χ1v) is 11.4. The van der Waals surface area contributed by atoms with E-state index < -0.39 is 11.6 Å². The van der Waals surface area contributed by atoms with E-state index in [0.717, 1.165) is 25.2 Å². The molecule has 0 aliphatic carbocycles. The van der Waals surface area contributed by atoms with E-state index in [1.807, 2.05) is 9.80 Å². The highest BCUT2D eigenvalue weighted by Gasteiger charge is 2.24. The minimum Gasteiger partial charge on any atom is -0.379 e. The number of ether oxygens (including phenoxy) is 1. The zero-order valence-electron chi connectivity index (χ0n) is 17.6. The van der Waals surface area contributed by atoms with Crippen molar-refractivity contribution >= 4 is 28.3 Å². The van der Waals surface area contributed by atoms with Gasteiger partial charge in [-0.15, -0.1) is 11.3 Å². The lowest BCUT2D eigenvalue weighted by Crippen LogP contribution is -2.53. The highest BCUT2D eigenvalue weighted by molar-refractivity contribution is 7.14. The lowest BCUT2D eigenvalue weighted by atomic mass is 10.2. The van der Waals surface area contributed by atoms with Crippen molar-refractivity contribution in [2.75, 3.05) is 70.9 Å². The van der Waals surface area contributed by atoms with Gasteiger partial charge in [-0.25, -0.2) is 13.8 Å². The SMILES string of the molecule is O=C(CN1CCN(C(=O)CN2CCOCC2)CC1)Nc1nc(-c2ccc(F)c(F)c2)cs1. The number of halogens is 2. The summed E-state index contributed by atoms with van der Waals surface area (Å²) in [6.45, 7) is 5.93. The maximum Gasteiger partial charge on any atom is 0.240 e. The van der Waals surface area contributed by atoms with E-state index in [1.54, 1.807) is 5.38 Å². The van der Waals surface area contributed by atoms with Crippen LogP contribution in [0.25, 0.3) is 11.3 Å². The Hall–Kier alpha value is -2.47. The zero-order chi connectivity index (χ0) is 22.5. The molecule has 3 heterocycles. The summed E-state index contributed by atoms with van der Waals surface area (Å²) in [6.07, 6.45) is 0. The Bertz CT molecular complexity index is 959. The van der Waals surface area contributed by atoms with E-state index in [1.165, 1.54) is 17.4 Å². The lowest BCUT2D eigenvalue weighted by Gasteiger charge is -2.36. The molecule has 2 saturated heterocycles. The van der Waals surface area contributed by atoms with Gasteiger partial charge >= 0.3 is 0 Å². The van der Waals surface area contributed by atoms with Gasteiger partial charge in [0.1, 0.15) is 0 Å². The van der Waals surface area contributed by atoms with Gasteiger partial charge in [0.15, 0.2) is 16.8 Å². The Labute approximate surface area is 188 Å². The maximum absolute atomic E-state index is 13.4. The molecule has 2 aromatic rings. The second-order valence-corrected chi connectivity index (χ2v) is 8.62. The molecular formula is C21H25F2N5O3S. The van der Waals surface area contributed by atoms with Gasteiger partial charge in [-0.1, -0.05) is 0 Å². The Morgan fingerprint density at radius 3 is 2.44 bits per heavy atom. The summed E-state index contributed by atoms with van der Waals surface area (Å²) >= 11 is 1.22. The van der Waals surface area contributed by atoms with Crippen LogP contribution in [0, 0.1) is 11.6 Å². The largest absolute Gasteiger partial charge is 0.379 e. The first kappa shape index (κ1) is 22.7. The van der Waals surface area contributed by atoms with Crippen molar-refractivity contribution in [2.45, 2.75) is 0 Å². The molecule has 0 radical (unpaired) electrons. The predicted molar refractivity (Wildman–Crippen MR) is 116 cm³/mol. The van der Waals surface area contributed by atoms with Crippen LogP contribution in [-0.4, -0.2) is 97.1 Å². The number of benzene rings is 1. The number of nitrogens with one attached hydrogen (secondary N) is 1. The first-order chi connectivity index (χ1) is 15.5. The molecule has 32 heavy (non-hydrogen) atoms. The monoisotopic (exact) mass is 465 g/mol. The van der Waals surface area contributed by atoms with Gasteiger partial charge in [0.2, 0.25) is 11.8 Å². The molecule has 2 amide bonds. The molecule has 2 aliphatic heterocycles. The summed E-state index contributed by atoms with van der Waals surface area (Å²) in [7, 11) is 0. The van der Waals surface area contributed by atoms with Gasteiger partial charge in [0.25, 0.3) is 0 Å². The second kappa shape index (κ2) is 10.4. The molecule has 2 aliphatic rings.